The summed E-state index contributed by atoms with van der Waals surface area (Å²) in [5.41, 5.74) is 5.78. The highest BCUT2D eigenvalue weighted by Gasteiger charge is 2.39. The van der Waals surface area contributed by atoms with Crippen LogP contribution in [0, 0.1) is 0 Å². The van der Waals surface area contributed by atoms with Crippen molar-refractivity contribution in [3.05, 3.63) is 58.1 Å². The number of carbonyl (C=O) groups excluding carboxylic acids is 4. The van der Waals surface area contributed by atoms with Gasteiger partial charge in [-0.05, 0) is 74.8 Å². The van der Waals surface area contributed by atoms with Crippen molar-refractivity contribution in [2.75, 3.05) is 70.1 Å². The topological polar surface area (TPSA) is 147 Å². The van der Waals surface area contributed by atoms with Gasteiger partial charge in [-0.25, -0.2) is 14.4 Å². The Morgan fingerprint density at radius 3 is 2.36 bits per heavy atom. The van der Waals surface area contributed by atoms with Gasteiger partial charge in [-0.15, -0.1) is 0 Å². The number of anilines is 2. The molecule has 0 bridgehead atoms. The first-order valence-corrected chi connectivity index (χ1v) is 19.2. The molecule has 2 aromatic carbocycles. The third kappa shape index (κ3) is 9.94. The van der Waals surface area contributed by atoms with Gasteiger partial charge < -0.3 is 40.0 Å². The van der Waals surface area contributed by atoms with Crippen LogP contribution in [0.5, 0.6) is 0 Å². The molecular formula is C38H48ClF3N6O7. The van der Waals surface area contributed by atoms with Crippen molar-refractivity contribution in [3.8, 4) is 0 Å². The lowest BCUT2D eigenvalue weighted by Gasteiger charge is -2.39. The summed E-state index contributed by atoms with van der Waals surface area (Å²) in [5.74, 6) is -0.919. The maximum atomic E-state index is 14.1. The number of ether oxygens (including phenoxy) is 3. The Balaban J connectivity index is 1.09. The molecule has 300 valence electrons. The van der Waals surface area contributed by atoms with Gasteiger partial charge in [0.05, 0.1) is 29.0 Å². The first-order chi connectivity index (χ1) is 26.3. The zero-order valence-corrected chi connectivity index (χ0v) is 31.6. The van der Waals surface area contributed by atoms with Crippen LogP contribution in [-0.4, -0.2) is 127 Å². The molecule has 4 aliphatic rings. The van der Waals surface area contributed by atoms with E-state index in [1.54, 1.807) is 16.7 Å². The van der Waals surface area contributed by atoms with E-state index in [0.717, 1.165) is 30.3 Å². The van der Waals surface area contributed by atoms with E-state index in [9.17, 15) is 32.3 Å². The maximum absolute atomic E-state index is 14.1. The van der Waals surface area contributed by atoms with Gasteiger partial charge >= 0.3 is 24.3 Å². The summed E-state index contributed by atoms with van der Waals surface area (Å²) in [4.78, 5) is 59.7. The molecule has 4 amide bonds. The minimum atomic E-state index is -4.79. The molecule has 2 atom stereocenters. The highest BCUT2D eigenvalue weighted by atomic mass is 35.5. The Labute approximate surface area is 323 Å². The number of nitrogens with zero attached hydrogens (tertiary/aromatic N) is 4. The molecule has 4 aliphatic heterocycles. The molecule has 0 aromatic heterocycles. The number of hydrogen-bond acceptors (Lipinski definition) is 9. The first-order valence-electron chi connectivity index (χ1n) is 18.9. The Morgan fingerprint density at radius 1 is 0.964 bits per heavy atom. The van der Waals surface area contributed by atoms with Gasteiger partial charge in [-0.1, -0.05) is 29.8 Å². The molecule has 3 N–H and O–H groups in total. The smallest absolute Gasteiger partial charge is 0.418 e. The first kappa shape index (κ1) is 40.4. The van der Waals surface area contributed by atoms with Crippen molar-refractivity contribution in [3.63, 3.8) is 0 Å². The molecule has 3 saturated heterocycles. The lowest BCUT2D eigenvalue weighted by Crippen LogP contribution is -2.52. The van der Waals surface area contributed by atoms with E-state index in [1.807, 2.05) is 24.3 Å². The van der Waals surface area contributed by atoms with E-state index >= 15 is 0 Å². The number of rotatable bonds is 10. The summed E-state index contributed by atoms with van der Waals surface area (Å²) in [6.45, 7) is 5.09. The predicted molar refractivity (Wildman–Crippen MR) is 197 cm³/mol. The van der Waals surface area contributed by atoms with Crippen LogP contribution >= 0.6 is 11.6 Å². The molecule has 3 fully saturated rings. The summed E-state index contributed by atoms with van der Waals surface area (Å²) in [6.07, 6.45) is -3.75. The van der Waals surface area contributed by atoms with E-state index in [4.69, 9.17) is 31.5 Å². The second-order valence-corrected chi connectivity index (χ2v) is 14.8. The molecule has 0 radical (unpaired) electrons. The number of para-hydroxylation sites is 1. The molecule has 0 saturated carbocycles. The lowest BCUT2D eigenvalue weighted by atomic mass is 10.00. The number of likely N-dealkylation sites (tertiary alicyclic amines) is 3. The van der Waals surface area contributed by atoms with Crippen LogP contribution in [0.25, 0.3) is 0 Å². The fraction of sp³-hybridized carbons (Fsp3) is 0.579. The van der Waals surface area contributed by atoms with Gasteiger partial charge in [0.1, 0.15) is 6.61 Å². The molecule has 4 heterocycles. The average molecular weight is 793 g/mol. The number of benzene rings is 2. The highest BCUT2D eigenvalue weighted by Crippen LogP contribution is 2.38. The van der Waals surface area contributed by atoms with Gasteiger partial charge in [0.25, 0.3) is 5.91 Å². The number of hydrogen-bond donors (Lipinski definition) is 2. The minimum absolute atomic E-state index is 0.0466. The van der Waals surface area contributed by atoms with Crippen LogP contribution < -0.4 is 11.1 Å². The normalized spacial score (nSPS) is 20.8. The van der Waals surface area contributed by atoms with Gasteiger partial charge in [0.15, 0.2) is 6.10 Å². The summed E-state index contributed by atoms with van der Waals surface area (Å²) >= 11 is 6.12. The Kier molecular flexibility index (Phi) is 13.0. The lowest BCUT2D eigenvalue weighted by molar-refractivity contribution is -0.150. The highest BCUT2D eigenvalue weighted by molar-refractivity contribution is 6.33. The SMILES string of the molecule is CCOC(=O)CO[C@H]1CCN(C2CCN(C(=O)[C@@H](Cc3cc(Cl)c(N)c(C(F)(F)F)c3)OC(=O)N3CCC(N4CCc5ccccc5NC4=O)CC3)CC2)C1. The van der Waals surface area contributed by atoms with Crippen LogP contribution in [0.2, 0.25) is 5.02 Å². The number of nitrogen functional groups attached to an aromatic ring is 1. The molecular weight excluding hydrogens is 745 g/mol. The molecule has 55 heavy (non-hydrogen) atoms. The zero-order chi connectivity index (χ0) is 39.3. The van der Waals surface area contributed by atoms with E-state index in [1.165, 1.54) is 11.0 Å². The zero-order valence-electron chi connectivity index (χ0n) is 30.8. The number of carbonyl (C=O) groups is 4. The van der Waals surface area contributed by atoms with Crippen molar-refractivity contribution in [1.82, 2.24) is 19.6 Å². The number of alkyl halides is 3. The number of urea groups is 1. The van der Waals surface area contributed by atoms with Crippen LogP contribution in [0.4, 0.5) is 34.1 Å². The maximum Gasteiger partial charge on any atom is 0.418 e. The second-order valence-electron chi connectivity index (χ2n) is 14.4. The molecule has 17 heteroatoms. The molecule has 2 aromatic rings. The Morgan fingerprint density at radius 2 is 1.65 bits per heavy atom. The van der Waals surface area contributed by atoms with Crippen LogP contribution in [0.3, 0.4) is 0 Å². The summed E-state index contributed by atoms with van der Waals surface area (Å²) in [7, 11) is 0. The van der Waals surface area contributed by atoms with Gasteiger partial charge in [0, 0.05) is 70.0 Å². The van der Waals surface area contributed by atoms with E-state index in [-0.39, 0.29) is 67.5 Å². The van der Waals surface area contributed by atoms with Gasteiger partial charge in [-0.3, -0.25) is 9.69 Å². The third-order valence-corrected chi connectivity index (χ3v) is 11.3. The van der Waals surface area contributed by atoms with Crippen molar-refractivity contribution in [2.45, 2.75) is 82.3 Å². The van der Waals surface area contributed by atoms with Gasteiger partial charge in [-0.2, -0.15) is 13.2 Å². The second kappa shape index (κ2) is 17.7. The minimum Gasteiger partial charge on any atom is -0.464 e. The third-order valence-electron chi connectivity index (χ3n) is 11.0. The predicted octanol–water partition coefficient (Wildman–Crippen LogP) is 5.19. The van der Waals surface area contributed by atoms with Crippen molar-refractivity contribution < 1.29 is 46.6 Å². The summed E-state index contributed by atoms with van der Waals surface area (Å²) in [6, 6.07) is 9.59. The Hall–Kier alpha value is -4.28. The molecule has 0 aliphatic carbocycles. The quantitative estimate of drug-likeness (QED) is 0.245. The monoisotopic (exact) mass is 792 g/mol. The van der Waals surface area contributed by atoms with Crippen molar-refractivity contribution >= 4 is 47.0 Å². The number of halogens is 4. The fourth-order valence-corrected chi connectivity index (χ4v) is 8.22. The number of nitrogens with one attached hydrogen (secondary N) is 1. The summed E-state index contributed by atoms with van der Waals surface area (Å²) in [5, 5.41) is 2.66. The van der Waals surface area contributed by atoms with Crippen molar-refractivity contribution in [1.29, 1.82) is 0 Å². The Bertz CT molecular complexity index is 1720. The summed E-state index contributed by atoms with van der Waals surface area (Å²) < 4.78 is 58.1. The van der Waals surface area contributed by atoms with Gasteiger partial charge in [0.2, 0.25) is 0 Å². The van der Waals surface area contributed by atoms with Crippen LogP contribution in [0.1, 0.15) is 55.7 Å². The number of esters is 1. The van der Waals surface area contributed by atoms with E-state index in [2.05, 4.69) is 10.2 Å². The number of piperidine rings is 2. The number of fused-ring (bicyclic) bond motifs is 1. The fourth-order valence-electron chi connectivity index (χ4n) is 7.98. The molecule has 6 rings (SSSR count). The van der Waals surface area contributed by atoms with E-state index in [0.29, 0.717) is 58.3 Å². The van der Waals surface area contributed by atoms with Crippen molar-refractivity contribution in [2.24, 2.45) is 0 Å². The number of amides is 4. The van der Waals surface area contributed by atoms with Crippen LogP contribution in [0.15, 0.2) is 36.4 Å². The molecule has 13 nitrogen and oxygen atoms in total. The van der Waals surface area contributed by atoms with Crippen LogP contribution in [-0.2, 0) is 42.8 Å². The average Bonchev–Trinajstić information content (AvgIpc) is 3.57. The standard InChI is InChI=1S/C38H48ClF3N6O7/c1-2-53-33(49)23-54-28-12-17-47(22-28)26-8-13-45(14-9-26)35(50)32(21-24-19-29(38(40,41)42)34(43)30(39)20-24)55-37(52)46-15-10-27(11-16-46)48-18-7-25-5-3-4-6-31(25)44-36(48)51/h3-6,19-20,26-28,32H,2,7-18,21-23,43H2,1H3,(H,44,51)/t28-,32+/m0/s1. The number of nitrogens with two attached hydrogens (primary N) is 1. The molecule has 0 spiro atoms. The van der Waals surface area contributed by atoms with E-state index < -0.39 is 41.5 Å². The largest absolute Gasteiger partial charge is 0.464 e. The molecule has 0 unspecified atom stereocenters.